The summed E-state index contributed by atoms with van der Waals surface area (Å²) in [4.78, 5) is 4.34. The molecule has 0 aliphatic heterocycles. The van der Waals surface area contributed by atoms with Crippen LogP contribution in [0.25, 0.3) is 0 Å². The average molecular weight is 488 g/mol. The largest absolute Gasteiger partial charge is 0.356 e. The summed E-state index contributed by atoms with van der Waals surface area (Å²) in [6.07, 6.45) is 8.49. The van der Waals surface area contributed by atoms with E-state index in [-0.39, 0.29) is 29.4 Å². The first-order valence-corrected chi connectivity index (χ1v) is 9.28. The summed E-state index contributed by atoms with van der Waals surface area (Å²) in [7, 11) is 1.82. The predicted molar refractivity (Wildman–Crippen MR) is 119 cm³/mol. The van der Waals surface area contributed by atoms with Gasteiger partial charge in [0.05, 0.1) is 0 Å². The lowest BCUT2D eigenvalue weighted by atomic mass is 9.64. The number of benzene rings is 1. The molecule has 1 aliphatic carbocycles. The van der Waals surface area contributed by atoms with E-state index < -0.39 is 0 Å². The molecule has 1 saturated carbocycles. The smallest absolute Gasteiger partial charge is 0.191 e. The van der Waals surface area contributed by atoms with Crippen molar-refractivity contribution < 1.29 is 0 Å². The summed E-state index contributed by atoms with van der Waals surface area (Å²) in [5.41, 5.74) is 1.57. The van der Waals surface area contributed by atoms with E-state index in [1.54, 1.807) is 0 Å². The van der Waals surface area contributed by atoms with Crippen LogP contribution in [-0.4, -0.2) is 35.9 Å². The number of hydrogen-bond donors (Lipinski definition) is 2. The SMILES string of the molecule is CN=C(NCCCn1cccn1)NCC1(c2ccc(Cl)cc2)CCC1.I. The average Bonchev–Trinajstić information content (AvgIpc) is 3.10. The molecule has 142 valence electrons. The molecule has 5 nitrogen and oxygen atoms in total. The molecule has 0 atom stereocenters. The van der Waals surface area contributed by atoms with Crippen LogP contribution >= 0.6 is 35.6 Å². The lowest BCUT2D eigenvalue weighted by Gasteiger charge is -2.43. The standard InChI is InChI=1S/C19H26ClN5.HI/c1-21-18(22-11-3-13-25-14-4-12-24-25)23-15-19(9-2-10-19)16-5-7-17(20)8-6-16;/h4-8,12,14H,2-3,9-11,13,15H2,1H3,(H2,21,22,23);1H. The van der Waals surface area contributed by atoms with Gasteiger partial charge in [0.15, 0.2) is 5.96 Å². The Morgan fingerprint density at radius 1 is 1.27 bits per heavy atom. The van der Waals surface area contributed by atoms with Crippen LogP contribution < -0.4 is 10.6 Å². The molecule has 0 bridgehead atoms. The van der Waals surface area contributed by atoms with E-state index in [9.17, 15) is 0 Å². The summed E-state index contributed by atoms with van der Waals surface area (Å²) in [6, 6.07) is 10.2. The maximum Gasteiger partial charge on any atom is 0.191 e. The first-order valence-electron chi connectivity index (χ1n) is 8.90. The highest BCUT2D eigenvalue weighted by molar-refractivity contribution is 14.0. The number of guanidine groups is 1. The summed E-state index contributed by atoms with van der Waals surface area (Å²) < 4.78 is 1.95. The number of nitrogens with one attached hydrogen (secondary N) is 2. The topological polar surface area (TPSA) is 54.2 Å². The third-order valence-electron chi connectivity index (χ3n) is 5.00. The molecule has 0 radical (unpaired) electrons. The molecule has 2 N–H and O–H groups in total. The van der Waals surface area contributed by atoms with E-state index in [1.807, 2.05) is 42.3 Å². The molecular formula is C19H27ClIN5. The van der Waals surface area contributed by atoms with Gasteiger partial charge in [-0.1, -0.05) is 30.2 Å². The van der Waals surface area contributed by atoms with Crippen molar-refractivity contribution in [1.82, 2.24) is 20.4 Å². The molecule has 26 heavy (non-hydrogen) atoms. The van der Waals surface area contributed by atoms with Crippen molar-refractivity contribution >= 4 is 41.5 Å². The molecule has 0 amide bonds. The summed E-state index contributed by atoms with van der Waals surface area (Å²) in [5, 5.41) is 11.9. The molecule has 2 aromatic rings. The Balaban J connectivity index is 0.00000243. The Labute approximate surface area is 177 Å². The monoisotopic (exact) mass is 487 g/mol. The number of aromatic nitrogens is 2. The number of rotatable bonds is 7. The van der Waals surface area contributed by atoms with Gasteiger partial charge < -0.3 is 10.6 Å². The number of aryl methyl sites for hydroxylation is 1. The van der Waals surface area contributed by atoms with Gasteiger partial charge in [0.25, 0.3) is 0 Å². The van der Waals surface area contributed by atoms with E-state index >= 15 is 0 Å². The number of halogens is 2. The zero-order chi connectivity index (χ0) is 17.5. The molecule has 0 saturated heterocycles. The Hall–Kier alpha value is -1.28. The third-order valence-corrected chi connectivity index (χ3v) is 5.25. The zero-order valence-electron chi connectivity index (χ0n) is 15.1. The van der Waals surface area contributed by atoms with Crippen LogP contribution in [0.2, 0.25) is 5.02 Å². The van der Waals surface area contributed by atoms with E-state index in [2.05, 4.69) is 32.9 Å². The highest BCUT2D eigenvalue weighted by Crippen LogP contribution is 2.43. The molecule has 1 fully saturated rings. The quantitative estimate of drug-likeness (QED) is 0.270. The van der Waals surface area contributed by atoms with E-state index in [4.69, 9.17) is 11.6 Å². The molecule has 3 rings (SSSR count). The van der Waals surface area contributed by atoms with Crippen molar-refractivity contribution in [1.29, 1.82) is 0 Å². The zero-order valence-corrected chi connectivity index (χ0v) is 18.2. The lowest BCUT2D eigenvalue weighted by Crippen LogP contribution is -2.49. The number of aliphatic imine (C=N–C) groups is 1. The molecule has 7 heteroatoms. The van der Waals surface area contributed by atoms with E-state index in [0.29, 0.717) is 0 Å². The maximum atomic E-state index is 6.03. The Morgan fingerprint density at radius 3 is 2.62 bits per heavy atom. The number of hydrogen-bond acceptors (Lipinski definition) is 2. The highest BCUT2D eigenvalue weighted by atomic mass is 127. The Bertz CT molecular complexity index is 680. The molecule has 1 aliphatic rings. The van der Waals surface area contributed by atoms with Crippen LogP contribution in [0, 0.1) is 0 Å². The normalized spacial score (nSPS) is 15.7. The van der Waals surface area contributed by atoms with Crippen molar-refractivity contribution in [2.24, 2.45) is 4.99 Å². The van der Waals surface area contributed by atoms with Crippen LogP contribution in [0.15, 0.2) is 47.7 Å². The van der Waals surface area contributed by atoms with Gasteiger partial charge >= 0.3 is 0 Å². The van der Waals surface area contributed by atoms with Crippen molar-refractivity contribution in [2.75, 3.05) is 20.1 Å². The van der Waals surface area contributed by atoms with Gasteiger partial charge in [-0.2, -0.15) is 5.10 Å². The minimum atomic E-state index is 0. The second-order valence-electron chi connectivity index (χ2n) is 6.62. The first-order chi connectivity index (χ1) is 12.2. The van der Waals surface area contributed by atoms with Crippen molar-refractivity contribution in [2.45, 2.75) is 37.6 Å². The highest BCUT2D eigenvalue weighted by Gasteiger charge is 2.38. The van der Waals surface area contributed by atoms with Crippen LogP contribution in [-0.2, 0) is 12.0 Å². The molecule has 1 heterocycles. The fourth-order valence-electron chi connectivity index (χ4n) is 3.33. The van der Waals surface area contributed by atoms with Gasteiger partial charge in [-0.25, -0.2) is 0 Å². The van der Waals surface area contributed by atoms with Crippen molar-refractivity contribution in [3.63, 3.8) is 0 Å². The van der Waals surface area contributed by atoms with Crippen LogP contribution in [0.3, 0.4) is 0 Å². The van der Waals surface area contributed by atoms with Gasteiger partial charge in [-0.15, -0.1) is 24.0 Å². The van der Waals surface area contributed by atoms with E-state index in [0.717, 1.165) is 37.0 Å². The molecule has 1 aromatic heterocycles. The van der Waals surface area contributed by atoms with Crippen LogP contribution in [0.4, 0.5) is 0 Å². The summed E-state index contributed by atoms with van der Waals surface area (Å²) in [5.74, 6) is 0.862. The molecule has 0 unspecified atom stereocenters. The second kappa shape index (κ2) is 10.2. The van der Waals surface area contributed by atoms with Gasteiger partial charge in [-0.3, -0.25) is 9.67 Å². The van der Waals surface area contributed by atoms with Crippen LogP contribution in [0.1, 0.15) is 31.2 Å². The number of nitrogens with zero attached hydrogens (tertiary/aromatic N) is 3. The first kappa shape index (κ1) is 21.0. The van der Waals surface area contributed by atoms with Crippen LogP contribution in [0.5, 0.6) is 0 Å². The Morgan fingerprint density at radius 2 is 2.04 bits per heavy atom. The molecule has 0 spiro atoms. The fraction of sp³-hybridized carbons (Fsp3) is 0.474. The second-order valence-corrected chi connectivity index (χ2v) is 7.05. The van der Waals surface area contributed by atoms with Crippen molar-refractivity contribution in [3.05, 3.63) is 53.3 Å². The fourth-order valence-corrected chi connectivity index (χ4v) is 3.45. The van der Waals surface area contributed by atoms with E-state index in [1.165, 1.54) is 24.8 Å². The van der Waals surface area contributed by atoms with Crippen molar-refractivity contribution in [3.8, 4) is 0 Å². The third kappa shape index (κ3) is 5.36. The summed E-state index contributed by atoms with van der Waals surface area (Å²) >= 11 is 6.03. The van der Waals surface area contributed by atoms with Gasteiger partial charge in [0.1, 0.15) is 0 Å². The van der Waals surface area contributed by atoms with Gasteiger partial charge in [0.2, 0.25) is 0 Å². The van der Waals surface area contributed by atoms with Gasteiger partial charge in [-0.05, 0) is 43.0 Å². The predicted octanol–water partition coefficient (Wildman–Crippen LogP) is 3.83. The minimum absolute atomic E-state index is 0. The summed E-state index contributed by atoms with van der Waals surface area (Å²) in [6.45, 7) is 2.67. The molecule has 1 aromatic carbocycles. The minimum Gasteiger partial charge on any atom is -0.356 e. The lowest BCUT2D eigenvalue weighted by molar-refractivity contribution is 0.244. The molecular weight excluding hydrogens is 461 g/mol. The maximum absolute atomic E-state index is 6.03. The van der Waals surface area contributed by atoms with Gasteiger partial charge in [0, 0.05) is 49.5 Å². The Kier molecular flexibility index (Phi) is 8.21.